The van der Waals surface area contributed by atoms with Crippen molar-refractivity contribution in [2.24, 2.45) is 17.1 Å². The van der Waals surface area contributed by atoms with Crippen molar-refractivity contribution in [3.05, 3.63) is 24.3 Å². The molecule has 0 saturated heterocycles. The van der Waals surface area contributed by atoms with Crippen LogP contribution < -0.4 is 10.6 Å². The molecular formula is C15H22N2O2. The normalized spacial score (nSPS) is 25.7. The van der Waals surface area contributed by atoms with E-state index in [4.69, 9.17) is 5.73 Å². The zero-order chi connectivity index (χ0) is 14.0. The molecule has 19 heavy (non-hydrogen) atoms. The summed E-state index contributed by atoms with van der Waals surface area (Å²) in [6, 6.07) is 6.81. The van der Waals surface area contributed by atoms with Gasteiger partial charge in [-0.25, -0.2) is 0 Å². The van der Waals surface area contributed by atoms with Gasteiger partial charge >= 0.3 is 0 Å². The zero-order valence-electron chi connectivity index (χ0n) is 11.6. The molecular weight excluding hydrogens is 240 g/mol. The highest BCUT2D eigenvalue weighted by Crippen LogP contribution is 2.46. The second-order valence-electron chi connectivity index (χ2n) is 5.57. The van der Waals surface area contributed by atoms with Gasteiger partial charge in [0.1, 0.15) is 5.75 Å². The summed E-state index contributed by atoms with van der Waals surface area (Å²) >= 11 is 0. The number of carbonyl (C=O) groups excluding carboxylic acids is 1. The van der Waals surface area contributed by atoms with E-state index < -0.39 is 5.41 Å². The van der Waals surface area contributed by atoms with E-state index in [1.165, 1.54) is 0 Å². The molecule has 0 bridgehead atoms. The second kappa shape index (κ2) is 5.21. The molecule has 1 fully saturated rings. The fourth-order valence-electron chi connectivity index (χ4n) is 3.09. The molecule has 3 N–H and O–H groups in total. The van der Waals surface area contributed by atoms with Crippen molar-refractivity contribution < 1.29 is 9.90 Å². The molecule has 0 heterocycles. The number of phenolic OH excluding ortho intramolecular Hbond substituents is 1. The van der Waals surface area contributed by atoms with Crippen LogP contribution in [0.2, 0.25) is 0 Å². The maximum atomic E-state index is 12.7. The summed E-state index contributed by atoms with van der Waals surface area (Å²) in [5.74, 6) is 0.823. The van der Waals surface area contributed by atoms with E-state index in [9.17, 15) is 9.90 Å². The number of benzene rings is 1. The molecule has 0 radical (unpaired) electrons. The Morgan fingerprint density at radius 1 is 1.53 bits per heavy atom. The van der Waals surface area contributed by atoms with Crippen molar-refractivity contribution in [1.29, 1.82) is 0 Å². The average molecular weight is 262 g/mol. The van der Waals surface area contributed by atoms with Gasteiger partial charge in [-0.1, -0.05) is 13.0 Å². The highest BCUT2D eigenvalue weighted by atomic mass is 16.3. The predicted molar refractivity (Wildman–Crippen MR) is 76.0 cm³/mol. The van der Waals surface area contributed by atoms with Crippen LogP contribution in [-0.4, -0.2) is 24.1 Å². The van der Waals surface area contributed by atoms with E-state index in [1.807, 2.05) is 13.0 Å². The number of nitrogens with two attached hydrogens (primary N) is 1. The van der Waals surface area contributed by atoms with Crippen molar-refractivity contribution in [2.45, 2.75) is 26.7 Å². The minimum absolute atomic E-state index is 0.0844. The van der Waals surface area contributed by atoms with Crippen LogP contribution in [0.1, 0.15) is 26.7 Å². The Kier molecular flexibility index (Phi) is 3.80. The van der Waals surface area contributed by atoms with Gasteiger partial charge in [0.05, 0.1) is 5.41 Å². The van der Waals surface area contributed by atoms with Crippen LogP contribution >= 0.6 is 0 Å². The third kappa shape index (κ3) is 2.45. The van der Waals surface area contributed by atoms with Gasteiger partial charge in [0.25, 0.3) is 0 Å². The molecule has 2 rings (SSSR count). The Hall–Kier alpha value is -1.55. The maximum Gasteiger partial charge on any atom is 0.234 e. The number of hydrogen-bond donors (Lipinski definition) is 2. The van der Waals surface area contributed by atoms with Crippen LogP contribution in [0.5, 0.6) is 5.75 Å². The lowest BCUT2D eigenvalue weighted by Crippen LogP contribution is -2.54. The molecule has 0 aromatic heterocycles. The zero-order valence-corrected chi connectivity index (χ0v) is 11.6. The van der Waals surface area contributed by atoms with Gasteiger partial charge in [0.15, 0.2) is 0 Å². The van der Waals surface area contributed by atoms with E-state index in [0.717, 1.165) is 18.5 Å². The molecule has 0 atom stereocenters. The third-order valence-corrected chi connectivity index (χ3v) is 4.03. The summed E-state index contributed by atoms with van der Waals surface area (Å²) in [7, 11) is 0. The first-order chi connectivity index (χ1) is 9.02. The summed E-state index contributed by atoms with van der Waals surface area (Å²) in [5.41, 5.74) is 6.17. The number of nitrogens with zero attached hydrogens (tertiary/aromatic N) is 1. The monoisotopic (exact) mass is 262 g/mol. The molecule has 1 aromatic carbocycles. The number of phenols is 1. The Balaban J connectivity index is 2.25. The summed E-state index contributed by atoms with van der Waals surface area (Å²) in [4.78, 5) is 14.5. The maximum absolute atomic E-state index is 12.7. The van der Waals surface area contributed by atoms with Gasteiger partial charge in [-0.2, -0.15) is 0 Å². The van der Waals surface area contributed by atoms with Crippen LogP contribution in [0, 0.1) is 11.3 Å². The average Bonchev–Trinajstić information content (AvgIpc) is 2.35. The van der Waals surface area contributed by atoms with Crippen molar-refractivity contribution in [2.75, 3.05) is 18.0 Å². The van der Waals surface area contributed by atoms with E-state index >= 15 is 0 Å². The van der Waals surface area contributed by atoms with E-state index in [2.05, 4.69) is 6.92 Å². The molecule has 4 nitrogen and oxygen atoms in total. The number of amides is 1. The summed E-state index contributed by atoms with van der Waals surface area (Å²) in [6.07, 6.45) is 1.72. The fourth-order valence-corrected chi connectivity index (χ4v) is 3.09. The third-order valence-electron chi connectivity index (χ3n) is 4.03. The smallest absolute Gasteiger partial charge is 0.234 e. The van der Waals surface area contributed by atoms with Gasteiger partial charge in [-0.3, -0.25) is 4.79 Å². The Morgan fingerprint density at radius 2 is 2.21 bits per heavy atom. The van der Waals surface area contributed by atoms with Crippen molar-refractivity contribution >= 4 is 11.6 Å². The molecule has 0 unspecified atom stereocenters. The quantitative estimate of drug-likeness (QED) is 0.873. The molecule has 1 aliphatic rings. The first kappa shape index (κ1) is 13.9. The Morgan fingerprint density at radius 3 is 2.68 bits per heavy atom. The molecule has 1 aromatic rings. The van der Waals surface area contributed by atoms with Crippen LogP contribution in [0.25, 0.3) is 0 Å². The van der Waals surface area contributed by atoms with Gasteiger partial charge < -0.3 is 15.7 Å². The first-order valence-electron chi connectivity index (χ1n) is 6.83. The van der Waals surface area contributed by atoms with Crippen LogP contribution in [0.3, 0.4) is 0 Å². The number of anilines is 1. The fraction of sp³-hybridized carbons (Fsp3) is 0.533. The topological polar surface area (TPSA) is 66.6 Å². The molecule has 4 heteroatoms. The molecule has 1 amide bonds. The Bertz CT molecular complexity index is 467. The second-order valence-corrected chi connectivity index (χ2v) is 5.57. The van der Waals surface area contributed by atoms with Gasteiger partial charge in [-0.05, 0) is 37.8 Å². The largest absolute Gasteiger partial charge is 0.508 e. The van der Waals surface area contributed by atoms with Gasteiger partial charge in [0.2, 0.25) is 5.91 Å². The lowest BCUT2D eigenvalue weighted by atomic mass is 9.61. The van der Waals surface area contributed by atoms with Crippen LogP contribution in [0.4, 0.5) is 5.69 Å². The van der Waals surface area contributed by atoms with Crippen molar-refractivity contribution in [3.8, 4) is 5.75 Å². The molecule has 1 aliphatic carbocycles. The van der Waals surface area contributed by atoms with Crippen LogP contribution in [-0.2, 0) is 4.79 Å². The standard InChI is InChI=1S/C15H22N2O2/c1-3-17(12-5-4-6-13(18)7-12)14(19)15(10-16)8-11(2)9-15/h4-7,11,18H,3,8-10,16H2,1-2H3. The highest BCUT2D eigenvalue weighted by Gasteiger charge is 2.48. The van der Waals surface area contributed by atoms with E-state index in [0.29, 0.717) is 19.0 Å². The first-order valence-corrected chi connectivity index (χ1v) is 6.83. The predicted octanol–water partition coefficient (Wildman–Crippen LogP) is 2.12. The van der Waals surface area contributed by atoms with E-state index in [-0.39, 0.29) is 11.7 Å². The van der Waals surface area contributed by atoms with E-state index in [1.54, 1.807) is 23.1 Å². The van der Waals surface area contributed by atoms with Gasteiger partial charge in [0, 0.05) is 24.8 Å². The molecule has 0 spiro atoms. The summed E-state index contributed by atoms with van der Waals surface area (Å²) in [5, 5.41) is 9.55. The number of aromatic hydroxyl groups is 1. The molecule has 0 aliphatic heterocycles. The van der Waals surface area contributed by atoms with Crippen LogP contribution in [0.15, 0.2) is 24.3 Å². The number of rotatable bonds is 4. The number of carbonyl (C=O) groups is 1. The minimum atomic E-state index is -0.402. The SMILES string of the molecule is CCN(C(=O)C1(CN)CC(C)C1)c1cccc(O)c1. The Labute approximate surface area is 114 Å². The number of hydrogen-bond acceptors (Lipinski definition) is 3. The van der Waals surface area contributed by atoms with Crippen molar-refractivity contribution in [3.63, 3.8) is 0 Å². The van der Waals surface area contributed by atoms with Crippen molar-refractivity contribution in [1.82, 2.24) is 0 Å². The summed E-state index contributed by atoms with van der Waals surface area (Å²) in [6.45, 7) is 5.06. The lowest BCUT2D eigenvalue weighted by molar-refractivity contribution is -0.135. The summed E-state index contributed by atoms with van der Waals surface area (Å²) < 4.78 is 0. The molecule has 1 saturated carbocycles. The minimum Gasteiger partial charge on any atom is -0.508 e. The highest BCUT2D eigenvalue weighted by molar-refractivity contribution is 5.98. The lowest BCUT2D eigenvalue weighted by Gasteiger charge is -2.46. The van der Waals surface area contributed by atoms with Gasteiger partial charge in [-0.15, -0.1) is 0 Å². The molecule has 104 valence electrons.